The molecule has 0 bridgehead atoms. The molecule has 0 aliphatic carbocycles. The first-order valence-corrected chi connectivity index (χ1v) is 6.53. The molecule has 0 unspecified atom stereocenters. The Bertz CT molecular complexity index is 613. The minimum Gasteiger partial charge on any atom is -0.476 e. The Morgan fingerprint density at radius 3 is 2.50 bits per heavy atom. The minimum absolute atomic E-state index is 0.0120. The summed E-state index contributed by atoms with van der Waals surface area (Å²) in [6.45, 7) is 7.87. The van der Waals surface area contributed by atoms with Crippen molar-refractivity contribution in [3.05, 3.63) is 28.7 Å². The van der Waals surface area contributed by atoms with Crippen LogP contribution >= 0.6 is 0 Å². The Morgan fingerprint density at radius 2 is 2.00 bits per heavy atom. The lowest BCUT2D eigenvalue weighted by atomic mass is 10.0. The molecule has 20 heavy (non-hydrogen) atoms. The van der Waals surface area contributed by atoms with Gasteiger partial charge in [0, 0.05) is 17.2 Å². The molecule has 0 aliphatic rings. The van der Waals surface area contributed by atoms with Crippen LogP contribution in [0.1, 0.15) is 73.0 Å². The molecule has 2 heterocycles. The third kappa shape index (κ3) is 2.71. The fourth-order valence-corrected chi connectivity index (χ4v) is 1.94. The van der Waals surface area contributed by atoms with E-state index < -0.39 is 5.97 Å². The maximum Gasteiger partial charge on any atom is 0.356 e. The third-order valence-electron chi connectivity index (χ3n) is 3.01. The number of aromatic nitrogens is 4. The molecule has 108 valence electrons. The molecule has 0 radical (unpaired) electrons. The number of nitrogens with one attached hydrogen (secondary N) is 1. The van der Waals surface area contributed by atoms with Crippen LogP contribution < -0.4 is 0 Å². The molecule has 0 saturated carbocycles. The van der Waals surface area contributed by atoms with Crippen molar-refractivity contribution in [2.24, 2.45) is 0 Å². The standard InChI is InChI=1S/C13H18N4O3/c1-6(2)10-8(11(13(18)19)16-15-10)5-9-14-12(7(3)4)17-20-9/h6-7H,5H2,1-4H3,(H,15,16)(H,18,19). The summed E-state index contributed by atoms with van der Waals surface area (Å²) >= 11 is 0. The Morgan fingerprint density at radius 1 is 1.30 bits per heavy atom. The molecular weight excluding hydrogens is 260 g/mol. The van der Waals surface area contributed by atoms with Crippen molar-refractivity contribution in [1.29, 1.82) is 0 Å². The summed E-state index contributed by atoms with van der Waals surface area (Å²) in [6.07, 6.45) is 0.269. The molecule has 2 N–H and O–H groups in total. The van der Waals surface area contributed by atoms with Gasteiger partial charge in [0.05, 0.1) is 6.42 Å². The summed E-state index contributed by atoms with van der Waals surface area (Å²) in [7, 11) is 0. The van der Waals surface area contributed by atoms with Crippen LogP contribution in [0.2, 0.25) is 0 Å². The normalized spacial score (nSPS) is 11.5. The minimum atomic E-state index is -1.06. The highest BCUT2D eigenvalue weighted by molar-refractivity contribution is 5.87. The SMILES string of the molecule is CC(C)c1noc(Cc2c(C(=O)O)n[nH]c2C(C)C)n1. The molecule has 0 spiro atoms. The quantitative estimate of drug-likeness (QED) is 0.869. The van der Waals surface area contributed by atoms with E-state index in [4.69, 9.17) is 4.52 Å². The van der Waals surface area contributed by atoms with Crippen molar-refractivity contribution < 1.29 is 14.4 Å². The molecule has 0 aromatic carbocycles. The number of H-pyrrole nitrogens is 1. The van der Waals surface area contributed by atoms with E-state index in [0.29, 0.717) is 17.3 Å². The van der Waals surface area contributed by atoms with Gasteiger partial charge in [0.15, 0.2) is 11.5 Å². The van der Waals surface area contributed by atoms with Crippen molar-refractivity contribution in [2.75, 3.05) is 0 Å². The van der Waals surface area contributed by atoms with Gasteiger partial charge in [-0.3, -0.25) is 5.10 Å². The molecule has 7 nitrogen and oxygen atoms in total. The number of carbonyl (C=O) groups is 1. The molecule has 2 aromatic rings. The second-order valence-electron chi connectivity index (χ2n) is 5.30. The van der Waals surface area contributed by atoms with Gasteiger partial charge < -0.3 is 9.63 Å². The van der Waals surface area contributed by atoms with Crippen molar-refractivity contribution in [2.45, 2.75) is 46.0 Å². The van der Waals surface area contributed by atoms with Gasteiger partial charge in [-0.2, -0.15) is 10.1 Å². The van der Waals surface area contributed by atoms with Gasteiger partial charge in [-0.25, -0.2) is 4.79 Å². The number of hydrogen-bond acceptors (Lipinski definition) is 5. The Labute approximate surface area is 116 Å². The molecule has 0 atom stereocenters. The van der Waals surface area contributed by atoms with Crippen molar-refractivity contribution >= 4 is 5.97 Å². The van der Waals surface area contributed by atoms with Crippen LogP contribution in [-0.4, -0.2) is 31.4 Å². The lowest BCUT2D eigenvalue weighted by Crippen LogP contribution is -2.04. The predicted molar refractivity (Wildman–Crippen MR) is 70.8 cm³/mol. The van der Waals surface area contributed by atoms with Gasteiger partial charge in [-0.15, -0.1) is 0 Å². The van der Waals surface area contributed by atoms with Crippen molar-refractivity contribution in [3.63, 3.8) is 0 Å². The topological polar surface area (TPSA) is 105 Å². The average molecular weight is 278 g/mol. The molecule has 7 heteroatoms. The number of carboxylic acid groups (broad SMARTS) is 1. The summed E-state index contributed by atoms with van der Waals surface area (Å²) in [5.41, 5.74) is 1.40. The Kier molecular flexibility index (Phi) is 3.87. The number of rotatable bonds is 5. The fraction of sp³-hybridized carbons (Fsp3) is 0.538. The van der Waals surface area contributed by atoms with Crippen molar-refractivity contribution in [1.82, 2.24) is 20.3 Å². The first-order valence-electron chi connectivity index (χ1n) is 6.53. The fourth-order valence-electron chi connectivity index (χ4n) is 1.94. The van der Waals surface area contributed by atoms with E-state index in [1.165, 1.54) is 0 Å². The van der Waals surface area contributed by atoms with Crippen LogP contribution in [0.15, 0.2) is 4.52 Å². The van der Waals surface area contributed by atoms with Gasteiger partial charge in [0.2, 0.25) is 5.89 Å². The van der Waals surface area contributed by atoms with E-state index in [-0.39, 0.29) is 24.0 Å². The van der Waals surface area contributed by atoms with Crippen molar-refractivity contribution in [3.8, 4) is 0 Å². The number of hydrogen-bond donors (Lipinski definition) is 2. The average Bonchev–Trinajstić information content (AvgIpc) is 2.95. The monoisotopic (exact) mass is 278 g/mol. The molecule has 0 amide bonds. The van der Waals surface area contributed by atoms with Gasteiger partial charge >= 0.3 is 5.97 Å². The van der Waals surface area contributed by atoms with Gasteiger partial charge in [-0.05, 0) is 5.92 Å². The maximum absolute atomic E-state index is 11.2. The van der Waals surface area contributed by atoms with Gasteiger partial charge in [0.1, 0.15) is 0 Å². The molecule has 2 rings (SSSR count). The zero-order valence-electron chi connectivity index (χ0n) is 12.0. The van der Waals surface area contributed by atoms with Crippen LogP contribution in [0.3, 0.4) is 0 Å². The number of aromatic carboxylic acids is 1. The van der Waals surface area contributed by atoms with Gasteiger partial charge in [-0.1, -0.05) is 32.9 Å². The number of aromatic amines is 1. The van der Waals surface area contributed by atoms with E-state index in [9.17, 15) is 9.90 Å². The highest BCUT2D eigenvalue weighted by Crippen LogP contribution is 2.23. The highest BCUT2D eigenvalue weighted by atomic mass is 16.5. The number of nitrogens with zero attached hydrogens (tertiary/aromatic N) is 3. The Hall–Kier alpha value is -2.18. The lowest BCUT2D eigenvalue weighted by Gasteiger charge is -2.04. The smallest absolute Gasteiger partial charge is 0.356 e. The van der Waals surface area contributed by atoms with E-state index in [0.717, 1.165) is 5.69 Å². The largest absolute Gasteiger partial charge is 0.476 e. The zero-order valence-corrected chi connectivity index (χ0v) is 12.0. The second-order valence-corrected chi connectivity index (χ2v) is 5.30. The third-order valence-corrected chi connectivity index (χ3v) is 3.01. The maximum atomic E-state index is 11.2. The molecule has 0 saturated heterocycles. The summed E-state index contributed by atoms with van der Waals surface area (Å²) in [5, 5.41) is 19.7. The Balaban J connectivity index is 2.35. The highest BCUT2D eigenvalue weighted by Gasteiger charge is 2.23. The lowest BCUT2D eigenvalue weighted by molar-refractivity contribution is 0.0689. The van der Waals surface area contributed by atoms with Gasteiger partial charge in [0.25, 0.3) is 0 Å². The summed E-state index contributed by atoms with van der Waals surface area (Å²) < 4.78 is 5.17. The van der Waals surface area contributed by atoms with E-state index in [1.807, 2.05) is 27.7 Å². The van der Waals surface area contributed by atoms with Crippen LogP contribution in [-0.2, 0) is 6.42 Å². The summed E-state index contributed by atoms with van der Waals surface area (Å²) in [5.74, 6) is 0.260. The molecular formula is C13H18N4O3. The number of carboxylic acids is 1. The first-order chi connectivity index (χ1) is 9.40. The molecule has 0 fully saturated rings. The molecule has 2 aromatic heterocycles. The van der Waals surface area contributed by atoms with Crippen LogP contribution in [0, 0.1) is 0 Å². The van der Waals surface area contributed by atoms with E-state index in [1.54, 1.807) is 0 Å². The zero-order chi connectivity index (χ0) is 14.9. The molecule has 0 aliphatic heterocycles. The van der Waals surface area contributed by atoms with E-state index >= 15 is 0 Å². The van der Waals surface area contributed by atoms with Crippen LogP contribution in [0.25, 0.3) is 0 Å². The first kappa shape index (κ1) is 14.2. The van der Waals surface area contributed by atoms with E-state index in [2.05, 4.69) is 20.3 Å². The summed E-state index contributed by atoms with van der Waals surface area (Å²) in [6, 6.07) is 0. The predicted octanol–water partition coefficient (Wildman–Crippen LogP) is 2.33. The van der Waals surface area contributed by atoms with Crippen LogP contribution in [0.4, 0.5) is 0 Å². The summed E-state index contributed by atoms with van der Waals surface area (Å²) in [4.78, 5) is 15.5. The van der Waals surface area contributed by atoms with Crippen LogP contribution in [0.5, 0.6) is 0 Å². The second kappa shape index (κ2) is 5.44.